The van der Waals surface area contributed by atoms with Crippen molar-refractivity contribution in [2.24, 2.45) is 5.73 Å². The number of benzene rings is 3. The van der Waals surface area contributed by atoms with Gasteiger partial charge in [-0.2, -0.15) is 0 Å². The number of amides is 3. The van der Waals surface area contributed by atoms with Gasteiger partial charge in [-0.25, -0.2) is 4.79 Å². The molecule has 3 rings (SSSR count). The predicted octanol–water partition coefficient (Wildman–Crippen LogP) is 4.35. The summed E-state index contributed by atoms with van der Waals surface area (Å²) in [6.45, 7) is 2.45. The SMILES string of the molecule is Cc1cccc(NC(=O)Nc2cccc(CNc3ccccc3C(N)=O)c2)c1. The third-order valence-electron chi connectivity index (χ3n) is 4.14. The summed E-state index contributed by atoms with van der Waals surface area (Å²) in [4.78, 5) is 23.7. The minimum absolute atomic E-state index is 0.310. The molecule has 0 saturated carbocycles. The number of nitrogens with two attached hydrogens (primary N) is 1. The normalized spacial score (nSPS) is 10.2. The Kier molecular flexibility index (Phi) is 5.91. The Morgan fingerprint density at radius 2 is 1.54 bits per heavy atom. The number of nitrogens with one attached hydrogen (secondary N) is 3. The van der Waals surface area contributed by atoms with Crippen molar-refractivity contribution in [3.63, 3.8) is 0 Å². The molecular formula is C22H22N4O2. The van der Waals surface area contributed by atoms with E-state index in [0.29, 0.717) is 23.5 Å². The monoisotopic (exact) mass is 374 g/mol. The molecule has 3 aromatic rings. The molecule has 0 saturated heterocycles. The Balaban J connectivity index is 1.62. The van der Waals surface area contributed by atoms with Gasteiger partial charge in [-0.3, -0.25) is 4.79 Å². The second-order valence-electron chi connectivity index (χ2n) is 6.41. The minimum Gasteiger partial charge on any atom is -0.380 e. The summed E-state index contributed by atoms with van der Waals surface area (Å²) < 4.78 is 0. The highest BCUT2D eigenvalue weighted by Crippen LogP contribution is 2.17. The molecule has 5 N–H and O–H groups in total. The molecule has 3 aromatic carbocycles. The van der Waals surface area contributed by atoms with Crippen molar-refractivity contribution in [3.05, 3.63) is 89.5 Å². The van der Waals surface area contributed by atoms with Gasteiger partial charge in [-0.15, -0.1) is 0 Å². The highest BCUT2D eigenvalue weighted by atomic mass is 16.2. The van der Waals surface area contributed by atoms with Gasteiger partial charge >= 0.3 is 6.03 Å². The summed E-state index contributed by atoms with van der Waals surface area (Å²) in [5.74, 6) is -0.480. The number of para-hydroxylation sites is 1. The Bertz CT molecular complexity index is 1000. The van der Waals surface area contributed by atoms with E-state index in [4.69, 9.17) is 5.73 Å². The van der Waals surface area contributed by atoms with E-state index >= 15 is 0 Å². The lowest BCUT2D eigenvalue weighted by Gasteiger charge is -2.12. The van der Waals surface area contributed by atoms with Crippen LogP contribution in [0.2, 0.25) is 0 Å². The Labute approximate surface area is 163 Å². The maximum absolute atomic E-state index is 12.2. The summed E-state index contributed by atoms with van der Waals surface area (Å²) in [6.07, 6.45) is 0. The lowest BCUT2D eigenvalue weighted by molar-refractivity contribution is 0.100. The van der Waals surface area contributed by atoms with Gasteiger partial charge in [0.15, 0.2) is 0 Å². The van der Waals surface area contributed by atoms with E-state index in [1.807, 2.05) is 61.5 Å². The quantitative estimate of drug-likeness (QED) is 0.516. The van der Waals surface area contributed by atoms with E-state index in [1.54, 1.807) is 18.2 Å². The number of hydrogen-bond donors (Lipinski definition) is 4. The fourth-order valence-electron chi connectivity index (χ4n) is 2.82. The highest BCUT2D eigenvalue weighted by molar-refractivity contribution is 6.00. The molecule has 0 spiro atoms. The van der Waals surface area contributed by atoms with E-state index in [-0.39, 0.29) is 6.03 Å². The smallest absolute Gasteiger partial charge is 0.323 e. The van der Waals surface area contributed by atoms with Gasteiger partial charge in [0.25, 0.3) is 5.91 Å². The Morgan fingerprint density at radius 3 is 2.25 bits per heavy atom. The van der Waals surface area contributed by atoms with Crippen molar-refractivity contribution < 1.29 is 9.59 Å². The summed E-state index contributed by atoms with van der Waals surface area (Å²) in [6, 6.07) is 21.8. The first kappa shape index (κ1) is 19.0. The van der Waals surface area contributed by atoms with Crippen LogP contribution in [0.5, 0.6) is 0 Å². The zero-order chi connectivity index (χ0) is 19.9. The summed E-state index contributed by atoms with van der Waals surface area (Å²) in [5, 5.41) is 8.85. The number of anilines is 3. The van der Waals surface area contributed by atoms with Gasteiger partial charge in [-0.1, -0.05) is 36.4 Å². The van der Waals surface area contributed by atoms with Crippen molar-refractivity contribution in [1.29, 1.82) is 0 Å². The van der Waals surface area contributed by atoms with Crippen LogP contribution in [0, 0.1) is 6.92 Å². The molecule has 28 heavy (non-hydrogen) atoms. The van der Waals surface area contributed by atoms with Crippen LogP contribution < -0.4 is 21.7 Å². The van der Waals surface area contributed by atoms with E-state index in [9.17, 15) is 9.59 Å². The zero-order valence-electron chi connectivity index (χ0n) is 15.5. The van der Waals surface area contributed by atoms with Crippen LogP contribution in [0.4, 0.5) is 21.9 Å². The van der Waals surface area contributed by atoms with Crippen molar-refractivity contribution in [2.75, 3.05) is 16.0 Å². The number of aryl methyl sites for hydroxylation is 1. The molecular weight excluding hydrogens is 352 g/mol. The van der Waals surface area contributed by atoms with Gasteiger partial charge in [0, 0.05) is 23.6 Å². The van der Waals surface area contributed by atoms with Crippen molar-refractivity contribution in [3.8, 4) is 0 Å². The lowest BCUT2D eigenvalue weighted by Crippen LogP contribution is -2.19. The third-order valence-corrected chi connectivity index (χ3v) is 4.14. The van der Waals surface area contributed by atoms with E-state index in [1.165, 1.54) is 0 Å². The van der Waals surface area contributed by atoms with Crippen LogP contribution in [0.3, 0.4) is 0 Å². The number of primary amides is 1. The number of hydrogen-bond acceptors (Lipinski definition) is 3. The second kappa shape index (κ2) is 8.73. The fraction of sp³-hybridized carbons (Fsp3) is 0.0909. The molecule has 0 radical (unpaired) electrons. The third kappa shape index (κ3) is 5.11. The first-order valence-corrected chi connectivity index (χ1v) is 8.87. The molecule has 0 aromatic heterocycles. The number of carbonyl (C=O) groups excluding carboxylic acids is 2. The fourth-order valence-corrected chi connectivity index (χ4v) is 2.82. The van der Waals surface area contributed by atoms with Gasteiger partial charge in [0.05, 0.1) is 5.56 Å². The number of carbonyl (C=O) groups is 2. The maximum atomic E-state index is 12.2. The largest absolute Gasteiger partial charge is 0.380 e. The Hall–Kier alpha value is -3.80. The molecule has 0 heterocycles. The van der Waals surface area contributed by atoms with Crippen LogP contribution in [0.25, 0.3) is 0 Å². The topological polar surface area (TPSA) is 96.2 Å². The second-order valence-corrected chi connectivity index (χ2v) is 6.41. The molecule has 0 aliphatic heterocycles. The first-order valence-electron chi connectivity index (χ1n) is 8.87. The summed E-state index contributed by atoms with van der Waals surface area (Å²) >= 11 is 0. The van der Waals surface area contributed by atoms with E-state index in [2.05, 4.69) is 16.0 Å². The number of rotatable bonds is 6. The zero-order valence-corrected chi connectivity index (χ0v) is 15.5. The lowest BCUT2D eigenvalue weighted by atomic mass is 10.1. The van der Waals surface area contributed by atoms with Crippen molar-refractivity contribution in [1.82, 2.24) is 0 Å². The van der Waals surface area contributed by atoms with Crippen LogP contribution in [0.1, 0.15) is 21.5 Å². The molecule has 6 heteroatoms. The van der Waals surface area contributed by atoms with E-state index in [0.717, 1.165) is 16.8 Å². The molecule has 0 aliphatic rings. The molecule has 0 fully saturated rings. The molecule has 0 unspecified atom stereocenters. The molecule has 0 aliphatic carbocycles. The van der Waals surface area contributed by atoms with Crippen LogP contribution in [0.15, 0.2) is 72.8 Å². The Morgan fingerprint density at radius 1 is 0.857 bits per heavy atom. The maximum Gasteiger partial charge on any atom is 0.323 e. The minimum atomic E-state index is -0.480. The molecule has 142 valence electrons. The van der Waals surface area contributed by atoms with Gasteiger partial charge in [-0.05, 0) is 54.4 Å². The molecule has 6 nitrogen and oxygen atoms in total. The van der Waals surface area contributed by atoms with Gasteiger partial charge in [0.2, 0.25) is 0 Å². The average Bonchev–Trinajstić information content (AvgIpc) is 2.66. The molecule has 0 bridgehead atoms. The van der Waals surface area contributed by atoms with Crippen LogP contribution in [-0.2, 0) is 6.54 Å². The first-order chi connectivity index (χ1) is 13.5. The van der Waals surface area contributed by atoms with Crippen LogP contribution >= 0.6 is 0 Å². The summed E-state index contributed by atoms with van der Waals surface area (Å²) in [5.41, 5.74) is 9.94. The van der Waals surface area contributed by atoms with Crippen LogP contribution in [-0.4, -0.2) is 11.9 Å². The van der Waals surface area contributed by atoms with Gasteiger partial charge < -0.3 is 21.7 Å². The highest BCUT2D eigenvalue weighted by Gasteiger charge is 2.07. The standard InChI is InChI=1S/C22H22N4O2/c1-15-6-4-8-17(12-15)25-22(28)26-18-9-5-7-16(13-18)14-24-20-11-3-2-10-19(20)21(23)27/h2-13,24H,14H2,1H3,(H2,23,27)(H2,25,26,28). The summed E-state index contributed by atoms with van der Waals surface area (Å²) in [7, 11) is 0. The van der Waals surface area contributed by atoms with Crippen molar-refractivity contribution >= 4 is 29.0 Å². The average molecular weight is 374 g/mol. The predicted molar refractivity (Wildman–Crippen MR) is 113 cm³/mol. The number of urea groups is 1. The molecule has 3 amide bonds. The van der Waals surface area contributed by atoms with E-state index < -0.39 is 5.91 Å². The molecule has 0 atom stereocenters. The van der Waals surface area contributed by atoms with Gasteiger partial charge in [0.1, 0.15) is 0 Å². The van der Waals surface area contributed by atoms with Crippen molar-refractivity contribution in [2.45, 2.75) is 13.5 Å².